The Morgan fingerprint density at radius 2 is 2.00 bits per heavy atom. The first-order valence-corrected chi connectivity index (χ1v) is 9.04. The molecule has 1 aromatic carbocycles. The largest absolute Gasteiger partial charge is 0.444 e. The van der Waals surface area contributed by atoms with Gasteiger partial charge >= 0.3 is 6.09 Å². The Labute approximate surface area is 159 Å². The smallest absolute Gasteiger partial charge is 0.410 e. The molecule has 1 aliphatic heterocycles. The minimum atomic E-state index is -0.708. The number of ether oxygens (including phenoxy) is 2. The number of halogens is 1. The first-order valence-electron chi connectivity index (χ1n) is 9.04. The van der Waals surface area contributed by atoms with Crippen LogP contribution >= 0.6 is 0 Å². The van der Waals surface area contributed by atoms with Gasteiger partial charge in [0.2, 0.25) is 0 Å². The highest BCUT2D eigenvalue weighted by atomic mass is 19.1. The Hall–Kier alpha value is -2.47. The fourth-order valence-corrected chi connectivity index (χ4v) is 3.16. The van der Waals surface area contributed by atoms with Gasteiger partial charge in [0.25, 0.3) is 0 Å². The van der Waals surface area contributed by atoms with Crippen LogP contribution in [0.1, 0.15) is 38.3 Å². The molecular weight excluding hydrogens is 347 g/mol. The summed E-state index contributed by atoms with van der Waals surface area (Å²) in [5.74, 6) is -0.303. The van der Waals surface area contributed by atoms with Gasteiger partial charge in [0.1, 0.15) is 17.0 Å². The zero-order valence-corrected chi connectivity index (χ0v) is 15.9. The number of hydrogen-bond acceptors (Lipinski definition) is 4. The van der Waals surface area contributed by atoms with Gasteiger partial charge in [0, 0.05) is 25.4 Å². The van der Waals surface area contributed by atoms with Crippen molar-refractivity contribution in [3.8, 4) is 0 Å². The second kappa shape index (κ2) is 7.64. The molecule has 2 heterocycles. The summed E-state index contributed by atoms with van der Waals surface area (Å²) in [6.45, 7) is 6.74. The number of amides is 1. The molecule has 5 nitrogen and oxygen atoms in total. The second-order valence-corrected chi connectivity index (χ2v) is 7.80. The van der Waals surface area contributed by atoms with Crippen LogP contribution in [-0.2, 0) is 21.7 Å². The van der Waals surface area contributed by atoms with E-state index in [1.54, 1.807) is 29.4 Å². The number of hydrogen-bond donors (Lipinski definition) is 0. The summed E-state index contributed by atoms with van der Waals surface area (Å²) in [6, 6.07) is 10.1. The third-order valence-electron chi connectivity index (χ3n) is 4.49. The molecule has 1 fully saturated rings. The summed E-state index contributed by atoms with van der Waals surface area (Å²) in [5, 5.41) is 0. The van der Waals surface area contributed by atoms with Crippen LogP contribution in [0.15, 0.2) is 48.8 Å². The zero-order valence-electron chi connectivity index (χ0n) is 15.9. The predicted molar refractivity (Wildman–Crippen MR) is 99.5 cm³/mol. The van der Waals surface area contributed by atoms with Crippen molar-refractivity contribution in [2.75, 3.05) is 13.1 Å². The van der Waals surface area contributed by atoms with Gasteiger partial charge in [-0.1, -0.05) is 18.2 Å². The van der Waals surface area contributed by atoms with E-state index < -0.39 is 11.2 Å². The number of carbonyl (C=O) groups is 1. The average molecular weight is 372 g/mol. The number of nitrogens with zero attached hydrogens (tertiary/aromatic N) is 2. The van der Waals surface area contributed by atoms with Crippen molar-refractivity contribution >= 4 is 6.09 Å². The third-order valence-corrected chi connectivity index (χ3v) is 4.49. The lowest BCUT2D eigenvalue weighted by Gasteiger charge is -2.31. The molecule has 6 heteroatoms. The molecule has 1 amide bonds. The molecule has 1 aliphatic rings. The summed E-state index contributed by atoms with van der Waals surface area (Å²) in [5.41, 5.74) is 0.517. The Bertz CT molecular complexity index is 774. The molecule has 0 spiro atoms. The zero-order chi connectivity index (χ0) is 19.5. The van der Waals surface area contributed by atoms with Crippen LogP contribution in [0.3, 0.4) is 0 Å². The van der Waals surface area contributed by atoms with Crippen molar-refractivity contribution < 1.29 is 18.7 Å². The van der Waals surface area contributed by atoms with Crippen LogP contribution in [0.25, 0.3) is 0 Å². The molecular formula is C21H25FN2O3. The lowest BCUT2D eigenvalue weighted by molar-refractivity contribution is -0.0555. The van der Waals surface area contributed by atoms with Crippen molar-refractivity contribution in [3.05, 3.63) is 65.7 Å². The lowest BCUT2D eigenvalue weighted by Crippen LogP contribution is -2.39. The summed E-state index contributed by atoms with van der Waals surface area (Å²) in [6.07, 6.45) is 3.70. The molecule has 1 saturated heterocycles. The summed E-state index contributed by atoms with van der Waals surface area (Å²) in [7, 11) is 0. The Morgan fingerprint density at radius 3 is 2.63 bits per heavy atom. The number of carbonyl (C=O) groups excluding carboxylic acids is 1. The van der Waals surface area contributed by atoms with E-state index in [0.29, 0.717) is 26.1 Å². The molecule has 2 aromatic rings. The fraction of sp³-hybridized carbons (Fsp3) is 0.429. The maximum atomic E-state index is 13.4. The molecule has 27 heavy (non-hydrogen) atoms. The molecule has 0 saturated carbocycles. The normalized spacial score (nSPS) is 19.9. The standard InChI is InChI=1S/C21H25FN2O3/c1-20(2,3)27-19(25)24-12-10-21(15-24,17-6-8-18(22)9-7-17)26-14-16-5-4-11-23-13-16/h4-9,11,13H,10,12,14-15H2,1-3H3. The predicted octanol–water partition coefficient (Wildman–Crippen LogP) is 4.27. The summed E-state index contributed by atoms with van der Waals surface area (Å²) >= 11 is 0. The first kappa shape index (κ1) is 19.3. The van der Waals surface area contributed by atoms with Crippen LogP contribution in [-0.4, -0.2) is 34.7 Å². The van der Waals surface area contributed by atoms with E-state index >= 15 is 0 Å². The van der Waals surface area contributed by atoms with E-state index in [0.717, 1.165) is 11.1 Å². The topological polar surface area (TPSA) is 51.7 Å². The first-order chi connectivity index (χ1) is 12.8. The molecule has 0 N–H and O–H groups in total. The van der Waals surface area contributed by atoms with Crippen LogP contribution in [0.2, 0.25) is 0 Å². The van der Waals surface area contributed by atoms with Crippen molar-refractivity contribution in [1.29, 1.82) is 0 Å². The highest BCUT2D eigenvalue weighted by Crippen LogP contribution is 2.37. The fourth-order valence-electron chi connectivity index (χ4n) is 3.16. The van der Waals surface area contributed by atoms with E-state index in [1.165, 1.54) is 12.1 Å². The molecule has 144 valence electrons. The number of aromatic nitrogens is 1. The number of rotatable bonds is 4. The Kier molecular flexibility index (Phi) is 5.46. The minimum Gasteiger partial charge on any atom is -0.444 e. The quantitative estimate of drug-likeness (QED) is 0.804. The van der Waals surface area contributed by atoms with Crippen molar-refractivity contribution in [2.24, 2.45) is 0 Å². The van der Waals surface area contributed by atoms with Crippen molar-refractivity contribution in [3.63, 3.8) is 0 Å². The van der Waals surface area contributed by atoms with Crippen molar-refractivity contribution in [2.45, 2.75) is 45.0 Å². The van der Waals surface area contributed by atoms with Crippen LogP contribution in [0.4, 0.5) is 9.18 Å². The summed E-state index contributed by atoms with van der Waals surface area (Å²) in [4.78, 5) is 18.2. The van der Waals surface area contributed by atoms with E-state index in [9.17, 15) is 9.18 Å². The minimum absolute atomic E-state index is 0.303. The lowest BCUT2D eigenvalue weighted by atomic mass is 9.92. The van der Waals surface area contributed by atoms with Gasteiger partial charge < -0.3 is 14.4 Å². The Balaban J connectivity index is 1.81. The van der Waals surface area contributed by atoms with Crippen LogP contribution in [0, 0.1) is 5.82 Å². The molecule has 0 aliphatic carbocycles. The summed E-state index contributed by atoms with van der Waals surface area (Å²) < 4.78 is 25.2. The number of likely N-dealkylation sites (tertiary alicyclic amines) is 1. The van der Waals surface area contributed by atoms with Gasteiger partial charge in [-0.2, -0.15) is 0 Å². The molecule has 1 atom stereocenters. The van der Waals surface area contributed by atoms with E-state index in [-0.39, 0.29) is 11.9 Å². The number of pyridine rings is 1. The number of benzene rings is 1. The van der Waals surface area contributed by atoms with E-state index in [1.807, 2.05) is 32.9 Å². The highest BCUT2D eigenvalue weighted by Gasteiger charge is 2.43. The van der Waals surface area contributed by atoms with Gasteiger partial charge in [-0.3, -0.25) is 4.98 Å². The van der Waals surface area contributed by atoms with Crippen LogP contribution in [0.5, 0.6) is 0 Å². The maximum absolute atomic E-state index is 13.4. The average Bonchev–Trinajstić information content (AvgIpc) is 3.06. The molecule has 1 aromatic heterocycles. The van der Waals surface area contributed by atoms with Gasteiger partial charge in [-0.05, 0) is 50.1 Å². The third kappa shape index (κ3) is 4.83. The van der Waals surface area contributed by atoms with Crippen molar-refractivity contribution in [1.82, 2.24) is 9.88 Å². The second-order valence-electron chi connectivity index (χ2n) is 7.80. The highest BCUT2D eigenvalue weighted by molar-refractivity contribution is 5.68. The van der Waals surface area contributed by atoms with Gasteiger partial charge in [0.15, 0.2) is 0 Å². The molecule has 0 bridgehead atoms. The monoisotopic (exact) mass is 372 g/mol. The van der Waals surface area contributed by atoms with Gasteiger partial charge in [-0.25, -0.2) is 9.18 Å². The Morgan fingerprint density at radius 1 is 1.26 bits per heavy atom. The van der Waals surface area contributed by atoms with Gasteiger partial charge in [-0.15, -0.1) is 0 Å². The van der Waals surface area contributed by atoms with E-state index in [4.69, 9.17) is 9.47 Å². The maximum Gasteiger partial charge on any atom is 0.410 e. The molecule has 0 radical (unpaired) electrons. The molecule has 3 rings (SSSR count). The van der Waals surface area contributed by atoms with Crippen LogP contribution < -0.4 is 0 Å². The van der Waals surface area contributed by atoms with E-state index in [2.05, 4.69) is 4.98 Å². The SMILES string of the molecule is CC(C)(C)OC(=O)N1CCC(OCc2cccnc2)(c2ccc(F)cc2)C1. The molecule has 1 unspecified atom stereocenters. The van der Waals surface area contributed by atoms with Gasteiger partial charge in [0.05, 0.1) is 13.2 Å².